The Hall–Kier alpha value is -1.75. The number of piperazine rings is 1. The normalized spacial score (nSPS) is 17.1. The highest BCUT2D eigenvalue weighted by atomic mass is 35.5. The van der Waals surface area contributed by atoms with Crippen molar-refractivity contribution >= 4 is 29.1 Å². The van der Waals surface area contributed by atoms with Crippen molar-refractivity contribution in [1.29, 1.82) is 0 Å². The molecule has 1 aliphatic heterocycles. The van der Waals surface area contributed by atoms with E-state index in [1.165, 1.54) is 0 Å². The summed E-state index contributed by atoms with van der Waals surface area (Å²) in [6.45, 7) is 9.01. The summed E-state index contributed by atoms with van der Waals surface area (Å²) in [4.78, 5) is 29.4. The lowest BCUT2D eigenvalue weighted by Gasteiger charge is -2.39. The molecule has 27 heavy (non-hydrogen) atoms. The van der Waals surface area contributed by atoms with Crippen LogP contribution in [0, 0.1) is 17.8 Å². The summed E-state index contributed by atoms with van der Waals surface area (Å²) in [5.74, 6) is -0.637. The first-order valence-corrected chi connectivity index (χ1v) is 10.3. The van der Waals surface area contributed by atoms with Gasteiger partial charge in [-0.15, -0.1) is 0 Å². The highest BCUT2D eigenvalue weighted by molar-refractivity contribution is 6.30. The van der Waals surface area contributed by atoms with Crippen LogP contribution >= 0.6 is 11.6 Å². The third-order valence-electron chi connectivity index (χ3n) is 5.26. The molecule has 0 spiro atoms. The maximum Gasteiger partial charge on any atom is 0.226 e. The van der Waals surface area contributed by atoms with E-state index >= 15 is 0 Å². The smallest absolute Gasteiger partial charge is 0.226 e. The van der Waals surface area contributed by atoms with Gasteiger partial charge < -0.3 is 15.5 Å². The molecule has 0 saturated carbocycles. The zero-order chi connectivity index (χ0) is 20.0. The number of anilines is 1. The van der Waals surface area contributed by atoms with Gasteiger partial charge in [-0.2, -0.15) is 0 Å². The number of benzene rings is 1. The molecule has 2 N–H and O–H groups in total. The van der Waals surface area contributed by atoms with Crippen LogP contribution in [0.2, 0.25) is 5.02 Å². The van der Waals surface area contributed by atoms with Gasteiger partial charge in [-0.1, -0.05) is 44.9 Å². The van der Waals surface area contributed by atoms with Crippen LogP contribution in [-0.4, -0.2) is 42.9 Å². The first-order chi connectivity index (χ1) is 12.8. The molecule has 1 heterocycles. The molecule has 0 bridgehead atoms. The van der Waals surface area contributed by atoms with Gasteiger partial charge in [-0.25, -0.2) is 0 Å². The molecule has 0 aliphatic carbocycles. The first kappa shape index (κ1) is 21.5. The summed E-state index contributed by atoms with van der Waals surface area (Å²) in [5.41, 5.74) is 6.73. The number of amides is 2. The Kier molecular flexibility index (Phi) is 7.96. The predicted octanol–water partition coefficient (Wildman–Crippen LogP) is 3.55. The van der Waals surface area contributed by atoms with E-state index in [-0.39, 0.29) is 23.7 Å². The maximum absolute atomic E-state index is 13.2. The number of hydrogen-bond acceptors (Lipinski definition) is 3. The first-order valence-electron chi connectivity index (χ1n) is 9.92. The maximum atomic E-state index is 13.2. The molecule has 1 aliphatic rings. The Morgan fingerprint density at radius 3 is 2.33 bits per heavy atom. The lowest BCUT2D eigenvalue weighted by molar-refractivity contribution is -0.142. The highest BCUT2D eigenvalue weighted by Gasteiger charge is 2.36. The van der Waals surface area contributed by atoms with Crippen molar-refractivity contribution in [3.63, 3.8) is 0 Å². The van der Waals surface area contributed by atoms with Gasteiger partial charge in [0.15, 0.2) is 0 Å². The molecule has 1 aromatic rings. The molecule has 2 rings (SSSR count). The van der Waals surface area contributed by atoms with E-state index < -0.39 is 0 Å². The van der Waals surface area contributed by atoms with Crippen molar-refractivity contribution in [3.8, 4) is 0 Å². The number of nitrogens with zero attached hydrogens (tertiary/aromatic N) is 2. The molecule has 2 atom stereocenters. The number of primary amides is 1. The molecular weight excluding hydrogens is 362 g/mol. The van der Waals surface area contributed by atoms with Crippen LogP contribution in [0.25, 0.3) is 0 Å². The number of hydrogen-bond donors (Lipinski definition) is 1. The van der Waals surface area contributed by atoms with Crippen molar-refractivity contribution in [2.75, 3.05) is 31.1 Å². The molecule has 0 aromatic heterocycles. The molecule has 1 saturated heterocycles. The topological polar surface area (TPSA) is 66.6 Å². The zero-order valence-corrected chi connectivity index (χ0v) is 17.4. The predicted molar refractivity (Wildman–Crippen MR) is 111 cm³/mol. The van der Waals surface area contributed by atoms with Crippen molar-refractivity contribution < 1.29 is 9.59 Å². The van der Waals surface area contributed by atoms with E-state index in [1.807, 2.05) is 36.1 Å². The van der Waals surface area contributed by atoms with Crippen LogP contribution in [0.4, 0.5) is 5.69 Å². The van der Waals surface area contributed by atoms with E-state index in [0.717, 1.165) is 25.2 Å². The van der Waals surface area contributed by atoms with E-state index in [9.17, 15) is 9.59 Å². The van der Waals surface area contributed by atoms with Gasteiger partial charge >= 0.3 is 0 Å². The van der Waals surface area contributed by atoms with Crippen molar-refractivity contribution in [2.24, 2.45) is 23.5 Å². The standard InChI is InChI=1S/C21H32ClN3O2/c1-4-6-18(20(23)26)19(13-15(2)3)21(27)25-11-9-24(10-12-25)17-8-5-7-16(22)14-17/h5,7-8,14-15,18-19H,4,6,9-13H2,1-3H3,(H2,23,26)/t18-,19+/m0/s1. The number of halogens is 1. The van der Waals surface area contributed by atoms with Crippen LogP contribution < -0.4 is 10.6 Å². The summed E-state index contributed by atoms with van der Waals surface area (Å²) in [6, 6.07) is 7.79. The molecule has 0 unspecified atom stereocenters. The number of carbonyl (C=O) groups is 2. The second kappa shape index (κ2) is 9.98. The lowest BCUT2D eigenvalue weighted by atomic mass is 9.81. The minimum Gasteiger partial charge on any atom is -0.369 e. The monoisotopic (exact) mass is 393 g/mol. The molecule has 0 radical (unpaired) electrons. The summed E-state index contributed by atoms with van der Waals surface area (Å²) in [7, 11) is 0. The van der Waals surface area contributed by atoms with E-state index in [0.29, 0.717) is 36.9 Å². The highest BCUT2D eigenvalue weighted by Crippen LogP contribution is 2.28. The average molecular weight is 394 g/mol. The Morgan fingerprint density at radius 2 is 1.81 bits per heavy atom. The molecule has 1 fully saturated rings. The van der Waals surface area contributed by atoms with Gasteiger partial charge in [0.2, 0.25) is 11.8 Å². The van der Waals surface area contributed by atoms with Crippen LogP contribution in [-0.2, 0) is 9.59 Å². The zero-order valence-electron chi connectivity index (χ0n) is 16.7. The third-order valence-corrected chi connectivity index (χ3v) is 5.49. The summed E-state index contributed by atoms with van der Waals surface area (Å²) < 4.78 is 0. The number of rotatable bonds is 8. The largest absolute Gasteiger partial charge is 0.369 e. The minimum atomic E-state index is -0.379. The molecule has 6 heteroatoms. The van der Waals surface area contributed by atoms with Gasteiger partial charge in [0.25, 0.3) is 0 Å². The summed E-state index contributed by atoms with van der Waals surface area (Å²) >= 11 is 6.09. The Balaban J connectivity index is 2.06. The fraction of sp³-hybridized carbons (Fsp3) is 0.619. The lowest BCUT2D eigenvalue weighted by Crippen LogP contribution is -2.52. The van der Waals surface area contributed by atoms with Crippen molar-refractivity contribution in [3.05, 3.63) is 29.3 Å². The second-order valence-electron chi connectivity index (χ2n) is 7.83. The molecule has 2 amide bonds. The number of carbonyl (C=O) groups excluding carboxylic acids is 2. The average Bonchev–Trinajstić information content (AvgIpc) is 2.63. The molecule has 5 nitrogen and oxygen atoms in total. The summed E-state index contributed by atoms with van der Waals surface area (Å²) in [6.07, 6.45) is 2.21. The fourth-order valence-electron chi connectivity index (χ4n) is 3.89. The van der Waals surface area contributed by atoms with Crippen LogP contribution in [0.1, 0.15) is 40.0 Å². The van der Waals surface area contributed by atoms with Gasteiger partial charge in [-0.05, 0) is 37.0 Å². The number of nitrogens with two attached hydrogens (primary N) is 1. The quantitative estimate of drug-likeness (QED) is 0.734. The van der Waals surface area contributed by atoms with E-state index in [2.05, 4.69) is 18.7 Å². The van der Waals surface area contributed by atoms with Crippen LogP contribution in [0.15, 0.2) is 24.3 Å². The Labute approximate surface area is 167 Å². The second-order valence-corrected chi connectivity index (χ2v) is 8.26. The van der Waals surface area contributed by atoms with Gasteiger partial charge in [0.1, 0.15) is 0 Å². The third kappa shape index (κ3) is 5.86. The van der Waals surface area contributed by atoms with Crippen molar-refractivity contribution in [2.45, 2.75) is 40.0 Å². The van der Waals surface area contributed by atoms with Gasteiger partial charge in [0.05, 0.1) is 0 Å². The van der Waals surface area contributed by atoms with Gasteiger partial charge in [0, 0.05) is 48.7 Å². The molecule has 1 aromatic carbocycles. The molecular formula is C21H32ClN3O2. The SMILES string of the molecule is CCC[C@H](C(N)=O)[C@@H](CC(C)C)C(=O)N1CCN(c2cccc(Cl)c2)CC1. The minimum absolute atomic E-state index is 0.0756. The van der Waals surface area contributed by atoms with Crippen molar-refractivity contribution in [1.82, 2.24) is 4.90 Å². The van der Waals surface area contributed by atoms with E-state index in [4.69, 9.17) is 17.3 Å². The van der Waals surface area contributed by atoms with Gasteiger partial charge in [-0.3, -0.25) is 9.59 Å². The summed E-state index contributed by atoms with van der Waals surface area (Å²) in [5, 5.41) is 0.715. The fourth-order valence-corrected chi connectivity index (χ4v) is 4.07. The van der Waals surface area contributed by atoms with Crippen LogP contribution in [0.5, 0.6) is 0 Å². The van der Waals surface area contributed by atoms with Crippen LogP contribution in [0.3, 0.4) is 0 Å². The molecule has 150 valence electrons. The Bertz CT molecular complexity index is 642. The van der Waals surface area contributed by atoms with E-state index in [1.54, 1.807) is 0 Å². The Morgan fingerprint density at radius 1 is 1.15 bits per heavy atom.